The quantitative estimate of drug-likeness (QED) is 0.836. The standard InChI is InChI=1S/C16H13BrF3NO2/c17-13-6-1-2-7-14(13)23-10-15(22)21-9-11-4-3-5-12(8-11)16(18,19)20/h1-8H,9-10H2,(H,21,22). The number of hydrogen-bond acceptors (Lipinski definition) is 2. The first kappa shape index (κ1) is 17.3. The summed E-state index contributed by atoms with van der Waals surface area (Å²) in [5.74, 6) is 0.0971. The lowest BCUT2D eigenvalue weighted by molar-refractivity contribution is -0.137. The Morgan fingerprint density at radius 3 is 2.57 bits per heavy atom. The van der Waals surface area contributed by atoms with Gasteiger partial charge in [-0.15, -0.1) is 0 Å². The van der Waals surface area contributed by atoms with Crippen molar-refractivity contribution in [1.82, 2.24) is 5.32 Å². The lowest BCUT2D eigenvalue weighted by atomic mass is 10.1. The van der Waals surface area contributed by atoms with Crippen LogP contribution in [0.3, 0.4) is 0 Å². The highest BCUT2D eigenvalue weighted by Crippen LogP contribution is 2.29. The van der Waals surface area contributed by atoms with Gasteiger partial charge in [0, 0.05) is 6.54 Å². The molecule has 0 aliphatic heterocycles. The van der Waals surface area contributed by atoms with Gasteiger partial charge in [0.25, 0.3) is 5.91 Å². The molecule has 0 bridgehead atoms. The number of nitrogens with one attached hydrogen (secondary N) is 1. The van der Waals surface area contributed by atoms with Crippen LogP contribution in [0.2, 0.25) is 0 Å². The van der Waals surface area contributed by atoms with E-state index in [0.29, 0.717) is 15.8 Å². The molecule has 3 nitrogen and oxygen atoms in total. The van der Waals surface area contributed by atoms with Crippen LogP contribution in [0.25, 0.3) is 0 Å². The van der Waals surface area contributed by atoms with E-state index >= 15 is 0 Å². The van der Waals surface area contributed by atoms with Gasteiger partial charge in [0.2, 0.25) is 0 Å². The van der Waals surface area contributed by atoms with Crippen molar-refractivity contribution in [1.29, 1.82) is 0 Å². The molecule has 0 aromatic heterocycles. The summed E-state index contributed by atoms with van der Waals surface area (Å²) in [5.41, 5.74) is -0.372. The molecule has 2 rings (SSSR count). The smallest absolute Gasteiger partial charge is 0.416 e. The fraction of sp³-hybridized carbons (Fsp3) is 0.188. The van der Waals surface area contributed by atoms with Gasteiger partial charge < -0.3 is 10.1 Å². The van der Waals surface area contributed by atoms with Crippen LogP contribution in [0.5, 0.6) is 5.75 Å². The summed E-state index contributed by atoms with van der Waals surface area (Å²) < 4.78 is 43.8. The average molecular weight is 388 g/mol. The molecular formula is C16H13BrF3NO2. The van der Waals surface area contributed by atoms with Crippen LogP contribution < -0.4 is 10.1 Å². The number of benzene rings is 2. The van der Waals surface area contributed by atoms with E-state index < -0.39 is 17.6 Å². The van der Waals surface area contributed by atoms with Crippen molar-refractivity contribution in [2.24, 2.45) is 0 Å². The summed E-state index contributed by atoms with van der Waals surface area (Å²) in [7, 11) is 0. The van der Waals surface area contributed by atoms with E-state index in [4.69, 9.17) is 4.74 Å². The second-order valence-corrected chi connectivity index (χ2v) is 5.55. The Kier molecular flexibility index (Phi) is 5.65. The first-order chi connectivity index (χ1) is 10.9. The Hall–Kier alpha value is -2.02. The molecule has 0 unspecified atom stereocenters. The van der Waals surface area contributed by atoms with Gasteiger partial charge in [-0.3, -0.25) is 4.79 Å². The monoisotopic (exact) mass is 387 g/mol. The lowest BCUT2D eigenvalue weighted by Gasteiger charge is -2.10. The largest absolute Gasteiger partial charge is 0.483 e. The average Bonchev–Trinajstić information content (AvgIpc) is 2.51. The number of carbonyl (C=O) groups is 1. The van der Waals surface area contributed by atoms with Crippen LogP contribution in [0.15, 0.2) is 53.0 Å². The summed E-state index contributed by atoms with van der Waals surface area (Å²) >= 11 is 3.29. The SMILES string of the molecule is O=C(COc1ccccc1Br)NCc1cccc(C(F)(F)F)c1. The van der Waals surface area contributed by atoms with Gasteiger partial charge in [-0.25, -0.2) is 0 Å². The van der Waals surface area contributed by atoms with Gasteiger partial charge in [-0.2, -0.15) is 13.2 Å². The number of amides is 1. The highest BCUT2D eigenvalue weighted by Gasteiger charge is 2.30. The van der Waals surface area contributed by atoms with Gasteiger partial charge in [-0.1, -0.05) is 24.3 Å². The Labute approximate surface area is 139 Å². The van der Waals surface area contributed by atoms with Crippen LogP contribution in [-0.2, 0) is 17.5 Å². The number of alkyl halides is 3. The van der Waals surface area contributed by atoms with E-state index in [9.17, 15) is 18.0 Å². The van der Waals surface area contributed by atoms with Crippen molar-refractivity contribution < 1.29 is 22.7 Å². The number of halogens is 4. The van der Waals surface area contributed by atoms with Gasteiger partial charge in [0.15, 0.2) is 6.61 Å². The Bertz CT molecular complexity index is 689. The normalized spacial score (nSPS) is 11.1. The van der Waals surface area contributed by atoms with Crippen molar-refractivity contribution in [3.63, 3.8) is 0 Å². The summed E-state index contributed by atoms with van der Waals surface area (Å²) in [5, 5.41) is 2.52. The summed E-state index contributed by atoms with van der Waals surface area (Å²) in [4.78, 5) is 11.7. The number of para-hydroxylation sites is 1. The lowest BCUT2D eigenvalue weighted by Crippen LogP contribution is -2.28. The van der Waals surface area contributed by atoms with Gasteiger partial charge in [0.1, 0.15) is 5.75 Å². The summed E-state index contributed by atoms with van der Waals surface area (Å²) in [6.07, 6.45) is -4.40. The predicted octanol–water partition coefficient (Wildman–Crippen LogP) is 4.16. The number of hydrogen-bond donors (Lipinski definition) is 1. The van der Waals surface area contributed by atoms with E-state index in [1.807, 2.05) is 6.07 Å². The second-order valence-electron chi connectivity index (χ2n) is 4.69. The third kappa shape index (κ3) is 5.28. The van der Waals surface area contributed by atoms with Crippen LogP contribution in [0, 0.1) is 0 Å². The molecule has 0 aliphatic rings. The minimum atomic E-state index is -4.40. The molecule has 2 aromatic carbocycles. The molecule has 0 aliphatic carbocycles. The van der Waals surface area contributed by atoms with Crippen molar-refractivity contribution in [2.75, 3.05) is 6.61 Å². The van der Waals surface area contributed by atoms with E-state index in [1.54, 1.807) is 18.2 Å². The van der Waals surface area contributed by atoms with Crippen molar-refractivity contribution in [3.05, 3.63) is 64.1 Å². The maximum Gasteiger partial charge on any atom is 0.416 e. The molecule has 0 fully saturated rings. The maximum atomic E-state index is 12.6. The van der Waals surface area contributed by atoms with Gasteiger partial charge in [0.05, 0.1) is 10.0 Å². The Morgan fingerprint density at radius 1 is 1.13 bits per heavy atom. The molecule has 7 heteroatoms. The minimum Gasteiger partial charge on any atom is -0.483 e. The molecule has 0 spiro atoms. The molecule has 0 saturated heterocycles. The van der Waals surface area contributed by atoms with Crippen molar-refractivity contribution in [2.45, 2.75) is 12.7 Å². The fourth-order valence-corrected chi connectivity index (χ4v) is 2.21. The zero-order valence-electron chi connectivity index (χ0n) is 11.9. The highest BCUT2D eigenvalue weighted by molar-refractivity contribution is 9.10. The molecule has 0 saturated carbocycles. The van der Waals surface area contributed by atoms with Crippen molar-refractivity contribution >= 4 is 21.8 Å². The Morgan fingerprint density at radius 2 is 1.87 bits per heavy atom. The van der Waals surface area contributed by atoms with Gasteiger partial charge >= 0.3 is 6.18 Å². The zero-order chi connectivity index (χ0) is 16.9. The van der Waals surface area contributed by atoms with Gasteiger partial charge in [-0.05, 0) is 45.8 Å². The molecule has 23 heavy (non-hydrogen) atoms. The molecule has 0 radical (unpaired) electrons. The van der Waals surface area contributed by atoms with Crippen molar-refractivity contribution in [3.8, 4) is 5.75 Å². The first-order valence-electron chi connectivity index (χ1n) is 6.66. The fourth-order valence-electron chi connectivity index (χ4n) is 1.81. The van der Waals surface area contributed by atoms with Crippen LogP contribution in [-0.4, -0.2) is 12.5 Å². The highest BCUT2D eigenvalue weighted by atomic mass is 79.9. The molecule has 0 atom stereocenters. The summed E-state index contributed by atoms with van der Waals surface area (Å²) in [6.45, 7) is -0.219. The predicted molar refractivity (Wildman–Crippen MR) is 82.9 cm³/mol. The van der Waals surface area contributed by atoms with Crippen LogP contribution >= 0.6 is 15.9 Å². The van der Waals surface area contributed by atoms with Crippen LogP contribution in [0.4, 0.5) is 13.2 Å². The number of ether oxygens (including phenoxy) is 1. The van der Waals surface area contributed by atoms with E-state index in [-0.39, 0.29) is 13.2 Å². The molecular weight excluding hydrogens is 375 g/mol. The zero-order valence-corrected chi connectivity index (χ0v) is 13.4. The van der Waals surface area contributed by atoms with Crippen LogP contribution in [0.1, 0.15) is 11.1 Å². The summed E-state index contributed by atoms with van der Waals surface area (Å²) in [6, 6.07) is 11.9. The Balaban J connectivity index is 1.86. The van der Waals surface area contributed by atoms with E-state index in [1.165, 1.54) is 12.1 Å². The third-order valence-electron chi connectivity index (χ3n) is 2.94. The minimum absolute atomic E-state index is 0.00206. The molecule has 1 amide bonds. The second kappa shape index (κ2) is 7.50. The number of carbonyl (C=O) groups excluding carboxylic acids is 1. The third-order valence-corrected chi connectivity index (χ3v) is 3.59. The molecule has 1 N–H and O–H groups in total. The van der Waals surface area contributed by atoms with E-state index in [0.717, 1.165) is 12.1 Å². The maximum absolute atomic E-state index is 12.6. The number of rotatable bonds is 5. The molecule has 122 valence electrons. The first-order valence-corrected chi connectivity index (χ1v) is 7.46. The molecule has 0 heterocycles. The van der Waals surface area contributed by atoms with E-state index in [2.05, 4.69) is 21.2 Å². The molecule has 2 aromatic rings. The topological polar surface area (TPSA) is 38.3 Å².